The van der Waals surface area contributed by atoms with Gasteiger partial charge in [-0.2, -0.15) is 0 Å². The van der Waals surface area contributed by atoms with Crippen molar-refractivity contribution in [2.24, 2.45) is 0 Å². The van der Waals surface area contributed by atoms with Gasteiger partial charge in [0.2, 0.25) is 0 Å². The first-order valence-electron chi connectivity index (χ1n) is 11.0. The molecule has 0 bridgehead atoms. The molecule has 0 saturated carbocycles. The van der Waals surface area contributed by atoms with Gasteiger partial charge in [0.15, 0.2) is 8.32 Å². The van der Waals surface area contributed by atoms with Gasteiger partial charge in [-0.05, 0) is 76.3 Å². The van der Waals surface area contributed by atoms with E-state index in [2.05, 4.69) is 67.6 Å². The molecule has 2 heterocycles. The fraction of sp³-hybridized carbons (Fsp3) is 0.696. The van der Waals surface area contributed by atoms with Gasteiger partial charge in [0.05, 0.1) is 11.2 Å². The van der Waals surface area contributed by atoms with Gasteiger partial charge in [0, 0.05) is 12.2 Å². The number of carbonyl (C=O) groups excluding carboxylic acids is 1. The first-order chi connectivity index (χ1) is 13.6. The number of rotatable bonds is 4. The molecule has 0 radical (unpaired) electrons. The first kappa shape index (κ1) is 23.5. The van der Waals surface area contributed by atoms with Gasteiger partial charge < -0.3 is 18.6 Å². The van der Waals surface area contributed by atoms with Crippen LogP contribution in [0.15, 0.2) is 18.2 Å². The minimum atomic E-state index is -1.99. The Morgan fingerprint density at radius 1 is 1.13 bits per heavy atom. The van der Waals surface area contributed by atoms with Crippen LogP contribution < -0.4 is 10.4 Å². The highest BCUT2D eigenvalue weighted by Crippen LogP contribution is 2.39. The topological polar surface area (TPSA) is 48.0 Å². The number of nitrogens with zero attached hydrogens (tertiary/aromatic N) is 1. The number of aryl methyl sites for hydroxylation is 1. The summed E-state index contributed by atoms with van der Waals surface area (Å²) in [5.74, 6) is 0.0753. The Bertz CT molecular complexity index is 815. The van der Waals surface area contributed by atoms with E-state index in [0.717, 1.165) is 23.1 Å². The van der Waals surface area contributed by atoms with Crippen molar-refractivity contribution in [3.8, 4) is 0 Å². The van der Waals surface area contributed by atoms with Gasteiger partial charge in [-0.25, -0.2) is 0 Å². The van der Waals surface area contributed by atoms with Gasteiger partial charge in [0.25, 0.3) is 5.91 Å². The standard InChI is InChI=1S/C23H38BNO4Si/c1-16-15-17(24-28-22(5,6)23(7,8)29-24)11-12-18(16)25-14-13-19(20(25)26)27-30(9,10)21(2,3)4/h11-12,15,19H,13-14H2,1-10H3/t19-/m0/s1. The molecule has 166 valence electrons. The van der Waals surface area contributed by atoms with Crippen molar-refractivity contribution in [2.45, 2.75) is 97.2 Å². The molecule has 30 heavy (non-hydrogen) atoms. The maximum Gasteiger partial charge on any atom is 0.494 e. The van der Waals surface area contributed by atoms with Crippen LogP contribution in [0, 0.1) is 6.92 Å². The van der Waals surface area contributed by atoms with Crippen molar-refractivity contribution in [2.75, 3.05) is 11.4 Å². The molecule has 0 spiro atoms. The number of hydrogen-bond acceptors (Lipinski definition) is 4. The van der Waals surface area contributed by atoms with E-state index in [0.29, 0.717) is 6.54 Å². The third kappa shape index (κ3) is 4.14. The molecule has 0 aliphatic carbocycles. The molecule has 2 fully saturated rings. The van der Waals surface area contributed by atoms with E-state index in [-0.39, 0.29) is 28.3 Å². The van der Waals surface area contributed by atoms with Crippen LogP contribution in [0.1, 0.15) is 60.5 Å². The van der Waals surface area contributed by atoms with Gasteiger partial charge in [0.1, 0.15) is 6.10 Å². The van der Waals surface area contributed by atoms with Gasteiger partial charge in [-0.15, -0.1) is 0 Å². The number of hydrogen-bond donors (Lipinski definition) is 0. The Hall–Kier alpha value is -1.15. The quantitative estimate of drug-likeness (QED) is 0.663. The maximum atomic E-state index is 13.1. The molecule has 5 nitrogen and oxygen atoms in total. The van der Waals surface area contributed by atoms with Crippen molar-refractivity contribution in [3.63, 3.8) is 0 Å². The van der Waals surface area contributed by atoms with E-state index in [1.54, 1.807) is 0 Å². The zero-order valence-corrected chi connectivity index (χ0v) is 21.4. The van der Waals surface area contributed by atoms with Crippen LogP contribution in [0.4, 0.5) is 5.69 Å². The van der Waals surface area contributed by atoms with Crippen LogP contribution in [0.3, 0.4) is 0 Å². The summed E-state index contributed by atoms with van der Waals surface area (Å²) in [6.07, 6.45) is 0.400. The van der Waals surface area contributed by atoms with Crippen molar-refractivity contribution >= 4 is 32.5 Å². The summed E-state index contributed by atoms with van der Waals surface area (Å²) in [4.78, 5) is 15.0. The Balaban J connectivity index is 1.76. The number of amides is 1. The lowest BCUT2D eigenvalue weighted by atomic mass is 9.78. The summed E-state index contributed by atoms with van der Waals surface area (Å²) >= 11 is 0. The molecule has 7 heteroatoms. The first-order valence-corrected chi connectivity index (χ1v) is 13.9. The lowest BCUT2D eigenvalue weighted by molar-refractivity contribution is -0.123. The van der Waals surface area contributed by atoms with E-state index in [4.69, 9.17) is 13.7 Å². The zero-order chi connectivity index (χ0) is 22.7. The zero-order valence-electron chi connectivity index (χ0n) is 20.4. The predicted octanol–water partition coefficient (Wildman–Crippen LogP) is 4.42. The van der Waals surface area contributed by atoms with E-state index in [9.17, 15) is 4.79 Å². The predicted molar refractivity (Wildman–Crippen MR) is 126 cm³/mol. The SMILES string of the molecule is Cc1cc(B2OC(C)(C)C(C)(C)O2)ccc1N1CC[C@H](O[Si](C)(C)C(C)(C)C)C1=O. The minimum Gasteiger partial charge on any atom is -0.405 e. The second-order valence-electron chi connectivity index (χ2n) is 11.3. The van der Waals surface area contributed by atoms with Gasteiger partial charge in [-0.3, -0.25) is 4.79 Å². The molecule has 1 aromatic carbocycles. The largest absolute Gasteiger partial charge is 0.494 e. The summed E-state index contributed by atoms with van der Waals surface area (Å²) in [7, 11) is -2.39. The molecular formula is C23H38BNO4Si. The molecule has 2 aliphatic heterocycles. The van der Waals surface area contributed by atoms with Gasteiger partial charge >= 0.3 is 7.12 Å². The smallest absolute Gasteiger partial charge is 0.405 e. The fourth-order valence-electron chi connectivity index (χ4n) is 3.64. The maximum absolute atomic E-state index is 13.1. The number of carbonyl (C=O) groups is 1. The second-order valence-corrected chi connectivity index (χ2v) is 16.0. The van der Waals surface area contributed by atoms with Crippen molar-refractivity contribution in [3.05, 3.63) is 23.8 Å². The van der Waals surface area contributed by atoms with Crippen LogP contribution >= 0.6 is 0 Å². The molecule has 2 aliphatic rings. The van der Waals surface area contributed by atoms with Crippen molar-refractivity contribution < 1.29 is 18.5 Å². The average Bonchev–Trinajstić information content (AvgIpc) is 3.03. The molecule has 0 aromatic heterocycles. The molecule has 0 unspecified atom stereocenters. The Morgan fingerprint density at radius 3 is 2.20 bits per heavy atom. The van der Waals surface area contributed by atoms with E-state index in [1.807, 2.05) is 24.0 Å². The lowest BCUT2D eigenvalue weighted by Crippen LogP contribution is -2.46. The Kier molecular flexibility index (Phi) is 5.85. The van der Waals surface area contributed by atoms with E-state index >= 15 is 0 Å². The minimum absolute atomic E-state index is 0.0753. The fourth-order valence-corrected chi connectivity index (χ4v) is 4.93. The molecule has 1 atom stereocenters. The summed E-state index contributed by atoms with van der Waals surface area (Å²) in [5, 5.41) is 0.0844. The highest BCUT2D eigenvalue weighted by molar-refractivity contribution is 6.74. The molecule has 0 N–H and O–H groups in total. The van der Waals surface area contributed by atoms with E-state index < -0.39 is 15.4 Å². The van der Waals surface area contributed by atoms with E-state index in [1.165, 1.54) is 0 Å². The molecule has 1 amide bonds. The van der Waals surface area contributed by atoms with Gasteiger partial charge in [-0.1, -0.05) is 32.9 Å². The van der Waals surface area contributed by atoms with Crippen LogP contribution in [-0.4, -0.2) is 45.2 Å². The van der Waals surface area contributed by atoms with Crippen LogP contribution in [0.2, 0.25) is 18.1 Å². The third-order valence-corrected chi connectivity index (χ3v) is 11.9. The van der Waals surface area contributed by atoms with Crippen molar-refractivity contribution in [1.82, 2.24) is 0 Å². The number of benzene rings is 1. The third-order valence-electron chi connectivity index (χ3n) is 7.44. The van der Waals surface area contributed by atoms with Crippen LogP contribution in [0.25, 0.3) is 0 Å². The molecule has 3 rings (SSSR count). The summed E-state index contributed by atoms with van der Waals surface area (Å²) in [5.41, 5.74) is 2.23. The Labute approximate surface area is 183 Å². The van der Waals surface area contributed by atoms with Crippen LogP contribution in [-0.2, 0) is 18.5 Å². The Morgan fingerprint density at radius 2 is 1.70 bits per heavy atom. The highest BCUT2D eigenvalue weighted by atomic mass is 28.4. The number of anilines is 1. The summed E-state index contributed by atoms with van der Waals surface area (Å²) < 4.78 is 18.8. The summed E-state index contributed by atoms with van der Waals surface area (Å²) in [6, 6.07) is 6.11. The second kappa shape index (κ2) is 7.47. The molecule has 2 saturated heterocycles. The monoisotopic (exact) mass is 431 g/mol. The molecule has 1 aromatic rings. The normalized spacial score (nSPS) is 24.1. The lowest BCUT2D eigenvalue weighted by Gasteiger charge is -2.37. The summed E-state index contributed by atoms with van der Waals surface area (Å²) in [6.45, 7) is 22.0. The highest BCUT2D eigenvalue weighted by Gasteiger charge is 2.52. The average molecular weight is 431 g/mol. The van der Waals surface area contributed by atoms with Crippen LogP contribution in [0.5, 0.6) is 0 Å². The van der Waals surface area contributed by atoms with Crippen molar-refractivity contribution in [1.29, 1.82) is 0 Å². The molecular weight excluding hydrogens is 393 g/mol.